The van der Waals surface area contributed by atoms with Crippen molar-refractivity contribution < 1.29 is 38.2 Å². The summed E-state index contributed by atoms with van der Waals surface area (Å²) in [7, 11) is 0. The zero-order valence-corrected chi connectivity index (χ0v) is 45.9. The van der Waals surface area contributed by atoms with Crippen LogP contribution in [0.3, 0.4) is 0 Å². The molecule has 4 atom stereocenters. The first-order valence-corrected chi connectivity index (χ1v) is 27.7. The van der Waals surface area contributed by atoms with E-state index >= 15 is 0 Å². The number of anilines is 2. The molecule has 0 radical (unpaired) electrons. The van der Waals surface area contributed by atoms with Crippen molar-refractivity contribution in [2.24, 2.45) is 16.6 Å². The highest BCUT2D eigenvalue weighted by molar-refractivity contribution is 7.99. The van der Waals surface area contributed by atoms with E-state index in [0.29, 0.717) is 64.7 Å². The number of carbonyl (C=O) groups is 5. The molecular weight excluding hydrogens is 1020 g/mol. The molecule has 5 heterocycles. The summed E-state index contributed by atoms with van der Waals surface area (Å²) in [6, 6.07) is 8.72. The number of ether oxygens (including phenoxy) is 1. The van der Waals surface area contributed by atoms with Gasteiger partial charge in [0.05, 0.1) is 45.3 Å². The van der Waals surface area contributed by atoms with Crippen LogP contribution in [0.4, 0.5) is 15.9 Å². The molecule has 3 saturated heterocycles. The summed E-state index contributed by atoms with van der Waals surface area (Å²) in [5, 5.41) is 20.1. The van der Waals surface area contributed by atoms with E-state index in [4.69, 9.17) is 22.1 Å². The van der Waals surface area contributed by atoms with Gasteiger partial charge in [-0.05, 0) is 80.7 Å². The van der Waals surface area contributed by atoms with Crippen LogP contribution in [-0.4, -0.2) is 153 Å². The predicted octanol–water partition coefficient (Wildman–Crippen LogP) is 5.83. The van der Waals surface area contributed by atoms with Crippen molar-refractivity contribution >= 4 is 75.7 Å². The van der Waals surface area contributed by atoms with Gasteiger partial charge in [0, 0.05) is 75.3 Å². The maximum Gasteiger partial charge on any atom is 0.258 e. The maximum atomic E-state index is 14.7. The first-order valence-electron chi connectivity index (χ1n) is 25.6. The number of aliphatic hydroxyl groups is 1. The summed E-state index contributed by atoms with van der Waals surface area (Å²) in [6.07, 6.45) is 4.34. The lowest BCUT2D eigenvalue weighted by Gasteiger charge is -2.39. The molecule has 18 nitrogen and oxygen atoms in total. The predicted molar refractivity (Wildman–Crippen MR) is 287 cm³/mol. The number of thiazole rings is 1. The summed E-state index contributed by atoms with van der Waals surface area (Å²) < 4.78 is 21.2. The number of alkyl halides is 1. The van der Waals surface area contributed by atoms with E-state index in [9.17, 15) is 33.5 Å². The molecule has 4 aromatic rings. The second-order valence-corrected chi connectivity index (χ2v) is 24.0. The van der Waals surface area contributed by atoms with E-state index in [2.05, 4.69) is 47.6 Å². The largest absolute Gasteiger partial charge is 0.492 e. The maximum absolute atomic E-state index is 14.7. The Morgan fingerprint density at radius 3 is 2.43 bits per heavy atom. The van der Waals surface area contributed by atoms with Crippen molar-refractivity contribution in [2.75, 3.05) is 69.2 Å². The summed E-state index contributed by atoms with van der Waals surface area (Å²) in [6.45, 7) is 16.1. The van der Waals surface area contributed by atoms with E-state index < -0.39 is 52.9 Å². The van der Waals surface area contributed by atoms with Crippen LogP contribution < -0.4 is 31.3 Å². The smallest absolute Gasteiger partial charge is 0.258 e. The molecule has 5 amide bonds. The van der Waals surface area contributed by atoms with Gasteiger partial charge in [0.25, 0.3) is 5.91 Å². The van der Waals surface area contributed by atoms with E-state index in [1.54, 1.807) is 55.7 Å². The number of aromatic nitrogens is 3. The van der Waals surface area contributed by atoms with Gasteiger partial charge in [-0.25, -0.2) is 19.3 Å². The Bertz CT molecular complexity index is 2730. The highest BCUT2D eigenvalue weighted by Gasteiger charge is 2.53. The van der Waals surface area contributed by atoms with E-state index in [1.807, 2.05) is 38.1 Å². The number of hydrogen-bond acceptors (Lipinski definition) is 15. The first kappa shape index (κ1) is 55.8. The minimum Gasteiger partial charge on any atom is -0.492 e. The van der Waals surface area contributed by atoms with E-state index in [1.165, 1.54) is 28.0 Å². The molecule has 6 N–H and O–H groups in total. The fourth-order valence-electron chi connectivity index (χ4n) is 9.70. The van der Waals surface area contributed by atoms with Crippen molar-refractivity contribution in [3.05, 3.63) is 70.6 Å². The van der Waals surface area contributed by atoms with Crippen molar-refractivity contribution in [3.63, 3.8) is 0 Å². The standard InChI is InChI=1S/C53H69ClFN11O7S2/c1-32-28-63(18-19-65(32)44(69)24-42(68)61-37-8-7-9-40(45(37)54)75-43-27-57-41(26-58-43)64-16-14-52(6,30-56)15-17-64)20-21-73-39-22-34(46-33(2)60-31-74-46)10-11-35(39)25-59-48(70)38-23-36(67)29-66(38)49(71)47(51(3,4)5)62-50(72)53(55)12-13-53/h7-11,22,26-27,31-32,36,38,47,67H,12-21,23-25,28-30,56H2,1-6H3,(H,59,70)(H,61,68)(H,62,72)/t32-,36?,38?,47-/m1/s1. The van der Waals surface area contributed by atoms with Gasteiger partial charge in [0.1, 0.15) is 41.7 Å². The van der Waals surface area contributed by atoms with Crippen LogP contribution in [0.25, 0.3) is 10.4 Å². The van der Waals surface area contributed by atoms with Crippen molar-refractivity contribution in [1.29, 1.82) is 0 Å². The number of piperidine rings is 1. The molecular formula is C53H69ClFN11O7S2. The van der Waals surface area contributed by atoms with Crippen LogP contribution in [0.5, 0.6) is 5.75 Å². The highest BCUT2D eigenvalue weighted by Crippen LogP contribution is 2.41. The Labute approximate surface area is 451 Å². The molecule has 75 heavy (non-hydrogen) atoms. The molecule has 1 saturated carbocycles. The number of aryl methyl sites for hydroxylation is 1. The minimum atomic E-state index is -1.99. The third-order valence-electron chi connectivity index (χ3n) is 14.7. The number of benzene rings is 2. The fourth-order valence-corrected chi connectivity index (χ4v) is 11.6. The average molecular weight is 1090 g/mol. The third kappa shape index (κ3) is 13.6. The minimum absolute atomic E-state index is 0.00119. The molecule has 4 fully saturated rings. The van der Waals surface area contributed by atoms with Gasteiger partial charge in [-0.2, -0.15) is 0 Å². The van der Waals surface area contributed by atoms with Crippen LogP contribution in [0.2, 0.25) is 5.02 Å². The first-order chi connectivity index (χ1) is 35.6. The number of aliphatic hydroxyl groups excluding tert-OH is 1. The molecule has 8 rings (SSSR count). The number of piperazine rings is 1. The summed E-state index contributed by atoms with van der Waals surface area (Å²) in [4.78, 5) is 90.3. The summed E-state index contributed by atoms with van der Waals surface area (Å²) in [5.41, 5.74) is 7.95. The quantitative estimate of drug-likeness (QED) is 0.0740. The van der Waals surface area contributed by atoms with Crippen molar-refractivity contribution in [3.8, 4) is 16.2 Å². The molecule has 2 aromatic heterocycles. The molecule has 0 spiro atoms. The number of hydrogen-bond donors (Lipinski definition) is 5. The molecule has 3 aliphatic heterocycles. The number of nitrogens with zero attached hydrogens (tertiary/aromatic N) is 7. The molecule has 404 valence electrons. The van der Waals surface area contributed by atoms with Gasteiger partial charge in [-0.3, -0.25) is 28.9 Å². The molecule has 4 aliphatic rings. The molecule has 1 aliphatic carbocycles. The van der Waals surface area contributed by atoms with Crippen LogP contribution in [0.15, 0.2) is 64.2 Å². The van der Waals surface area contributed by atoms with Gasteiger partial charge in [-0.1, -0.05) is 69.3 Å². The Balaban J connectivity index is 0.828. The average Bonchev–Trinajstić information content (AvgIpc) is 3.79. The fraction of sp³-hybridized carbons (Fsp3) is 0.547. The Hall–Kier alpha value is -5.45. The number of carbonyl (C=O) groups excluding carboxylic acids is 5. The third-order valence-corrected chi connectivity index (χ3v) is 17.2. The number of likely N-dealkylation sites (tertiary alicyclic amines) is 1. The van der Waals surface area contributed by atoms with Gasteiger partial charge < -0.3 is 46.2 Å². The highest BCUT2D eigenvalue weighted by atomic mass is 35.5. The van der Waals surface area contributed by atoms with Gasteiger partial charge in [-0.15, -0.1) is 11.3 Å². The molecule has 22 heteroatoms. The van der Waals surface area contributed by atoms with Gasteiger partial charge in [0.2, 0.25) is 23.6 Å². The Morgan fingerprint density at radius 2 is 1.77 bits per heavy atom. The number of halogens is 2. The van der Waals surface area contributed by atoms with Gasteiger partial charge in [0.15, 0.2) is 5.67 Å². The van der Waals surface area contributed by atoms with Crippen LogP contribution in [0, 0.1) is 17.8 Å². The lowest BCUT2D eigenvalue weighted by atomic mass is 9.80. The SMILES string of the molecule is Cc1ncsc1-c1ccc(CNC(=O)C2CC(O)CN2C(=O)[C@@H](NC(=O)C2(F)CC2)C(C)(C)C)c(OCCN2CCN(C(=O)CC(=O)Nc3cccc(Sc4cnc(N5CCC(C)(CN)CC5)cn4)c3Cl)[C@H](C)C2)c1. The number of β-amino-alcohol motifs (C(OH)–C–C–N with tert-alkyl or cyclic N) is 1. The summed E-state index contributed by atoms with van der Waals surface area (Å²) >= 11 is 9.63. The zero-order valence-electron chi connectivity index (χ0n) is 43.5. The Morgan fingerprint density at radius 1 is 1.01 bits per heavy atom. The second kappa shape index (κ2) is 23.4. The lowest BCUT2D eigenvalue weighted by Crippen LogP contribution is -2.59. The molecule has 0 bridgehead atoms. The molecule has 2 unspecified atom stereocenters. The number of nitrogens with two attached hydrogens (primary N) is 1. The van der Waals surface area contributed by atoms with Crippen LogP contribution in [0.1, 0.15) is 84.4 Å². The lowest BCUT2D eigenvalue weighted by molar-refractivity contribution is -0.145. The topological polar surface area (TPSA) is 229 Å². The zero-order chi connectivity index (χ0) is 53.8. The molecule has 2 aromatic carbocycles. The normalized spacial score (nSPS) is 20.8. The van der Waals surface area contributed by atoms with Crippen molar-refractivity contribution in [2.45, 2.75) is 126 Å². The Kier molecular flexibility index (Phi) is 17.4. The number of amides is 5. The van der Waals surface area contributed by atoms with E-state index in [0.717, 1.165) is 47.9 Å². The second-order valence-electron chi connectivity index (χ2n) is 21.7. The van der Waals surface area contributed by atoms with Crippen LogP contribution in [-0.2, 0) is 30.5 Å². The van der Waals surface area contributed by atoms with E-state index in [-0.39, 0.29) is 62.7 Å². The monoisotopic (exact) mass is 1090 g/mol. The number of rotatable bonds is 18. The van der Waals surface area contributed by atoms with Crippen molar-refractivity contribution in [1.82, 2.24) is 40.3 Å². The summed E-state index contributed by atoms with van der Waals surface area (Å²) in [5.74, 6) is -1.30. The van der Waals surface area contributed by atoms with Gasteiger partial charge >= 0.3 is 0 Å². The van der Waals surface area contributed by atoms with Crippen LogP contribution >= 0.6 is 34.7 Å². The number of nitrogens with one attached hydrogen (secondary N) is 3.